The minimum atomic E-state index is -1.08. The quantitative estimate of drug-likeness (QED) is 0.361. The second-order valence-corrected chi connectivity index (χ2v) is 2.68. The fourth-order valence-electron chi connectivity index (χ4n) is 0.956. The number of carbonyl (C=O) groups is 2. The molecule has 1 aromatic rings. The molecule has 0 aliphatic heterocycles. The molecule has 0 aliphatic rings. The van der Waals surface area contributed by atoms with Gasteiger partial charge in [0.2, 0.25) is 0 Å². The standard InChI is InChI=1S/C9H10N2O4/c10-11-9(14)6-2-1-3-7(4-6)15-5-8(12)13/h1-4H,5,10H2,(H,11,14)(H,12,13). The Morgan fingerprint density at radius 2 is 2.20 bits per heavy atom. The van der Waals surface area contributed by atoms with Crippen LogP contribution in [0.3, 0.4) is 0 Å². The number of carboxylic acids is 1. The monoisotopic (exact) mass is 210 g/mol. The second-order valence-electron chi connectivity index (χ2n) is 2.68. The maximum Gasteiger partial charge on any atom is 0.341 e. The SMILES string of the molecule is NNC(=O)c1cccc(OCC(=O)O)c1. The van der Waals surface area contributed by atoms with Crippen LogP contribution in [0.1, 0.15) is 10.4 Å². The summed E-state index contributed by atoms with van der Waals surface area (Å²) in [7, 11) is 0. The predicted molar refractivity (Wildman–Crippen MR) is 51.2 cm³/mol. The third-order valence-corrected chi connectivity index (χ3v) is 1.59. The van der Waals surface area contributed by atoms with Gasteiger partial charge in [0.15, 0.2) is 6.61 Å². The lowest BCUT2D eigenvalue weighted by atomic mass is 10.2. The second kappa shape index (κ2) is 4.97. The molecule has 0 aliphatic carbocycles. The fourth-order valence-corrected chi connectivity index (χ4v) is 0.956. The largest absolute Gasteiger partial charge is 0.482 e. The van der Waals surface area contributed by atoms with Crippen molar-refractivity contribution in [2.24, 2.45) is 5.84 Å². The van der Waals surface area contributed by atoms with E-state index in [9.17, 15) is 9.59 Å². The minimum absolute atomic E-state index is 0.304. The highest BCUT2D eigenvalue weighted by molar-refractivity contribution is 5.94. The summed E-state index contributed by atoms with van der Waals surface area (Å²) in [6.07, 6.45) is 0. The van der Waals surface area contributed by atoms with E-state index in [1.165, 1.54) is 12.1 Å². The van der Waals surface area contributed by atoms with Gasteiger partial charge in [-0.1, -0.05) is 6.07 Å². The summed E-state index contributed by atoms with van der Waals surface area (Å²) in [5.41, 5.74) is 2.27. The van der Waals surface area contributed by atoms with Gasteiger partial charge in [0.1, 0.15) is 5.75 Å². The van der Waals surface area contributed by atoms with E-state index >= 15 is 0 Å². The van der Waals surface area contributed by atoms with Crippen LogP contribution in [-0.2, 0) is 4.79 Å². The van der Waals surface area contributed by atoms with Crippen molar-refractivity contribution in [3.05, 3.63) is 29.8 Å². The molecule has 6 heteroatoms. The third-order valence-electron chi connectivity index (χ3n) is 1.59. The molecule has 0 heterocycles. The van der Waals surface area contributed by atoms with Crippen molar-refractivity contribution in [1.29, 1.82) is 0 Å². The van der Waals surface area contributed by atoms with Crippen LogP contribution in [-0.4, -0.2) is 23.6 Å². The molecular formula is C9H10N2O4. The van der Waals surface area contributed by atoms with Crippen LogP contribution in [0.2, 0.25) is 0 Å². The molecule has 1 rings (SSSR count). The van der Waals surface area contributed by atoms with Gasteiger partial charge in [-0.15, -0.1) is 0 Å². The number of ether oxygens (including phenoxy) is 1. The summed E-state index contributed by atoms with van der Waals surface area (Å²) in [6, 6.07) is 6.07. The van der Waals surface area contributed by atoms with Crippen molar-refractivity contribution in [3.63, 3.8) is 0 Å². The van der Waals surface area contributed by atoms with Crippen LogP contribution >= 0.6 is 0 Å². The average Bonchev–Trinajstić information content (AvgIpc) is 2.25. The highest BCUT2D eigenvalue weighted by atomic mass is 16.5. The molecule has 80 valence electrons. The highest BCUT2D eigenvalue weighted by Crippen LogP contribution is 2.12. The van der Waals surface area contributed by atoms with Gasteiger partial charge in [0.05, 0.1) is 0 Å². The molecular weight excluding hydrogens is 200 g/mol. The van der Waals surface area contributed by atoms with Gasteiger partial charge >= 0.3 is 5.97 Å². The average molecular weight is 210 g/mol. The number of amides is 1. The molecule has 0 atom stereocenters. The van der Waals surface area contributed by atoms with Crippen LogP contribution in [0.5, 0.6) is 5.75 Å². The van der Waals surface area contributed by atoms with Gasteiger partial charge in [-0.05, 0) is 18.2 Å². The molecule has 4 N–H and O–H groups in total. The Morgan fingerprint density at radius 1 is 1.47 bits per heavy atom. The lowest BCUT2D eigenvalue weighted by molar-refractivity contribution is -0.139. The number of carbonyl (C=O) groups excluding carboxylic acids is 1. The lowest BCUT2D eigenvalue weighted by Crippen LogP contribution is -2.29. The normalized spacial score (nSPS) is 9.40. The van der Waals surface area contributed by atoms with Crippen LogP contribution < -0.4 is 16.0 Å². The van der Waals surface area contributed by atoms with Crippen LogP contribution in [0.15, 0.2) is 24.3 Å². The molecule has 1 amide bonds. The molecule has 0 spiro atoms. The number of nitrogens with two attached hydrogens (primary N) is 1. The molecule has 15 heavy (non-hydrogen) atoms. The fraction of sp³-hybridized carbons (Fsp3) is 0.111. The summed E-state index contributed by atoms with van der Waals surface area (Å²) in [4.78, 5) is 21.3. The van der Waals surface area contributed by atoms with Crippen molar-refractivity contribution in [2.45, 2.75) is 0 Å². The number of hydrogen-bond donors (Lipinski definition) is 3. The van der Waals surface area contributed by atoms with Crippen molar-refractivity contribution >= 4 is 11.9 Å². The van der Waals surface area contributed by atoms with E-state index < -0.39 is 18.5 Å². The van der Waals surface area contributed by atoms with E-state index in [0.29, 0.717) is 11.3 Å². The zero-order valence-electron chi connectivity index (χ0n) is 7.77. The maximum atomic E-state index is 11.1. The summed E-state index contributed by atoms with van der Waals surface area (Å²) in [5, 5.41) is 8.38. The van der Waals surface area contributed by atoms with E-state index in [4.69, 9.17) is 15.7 Å². The number of nitrogen functional groups attached to an aromatic ring is 1. The Morgan fingerprint density at radius 3 is 2.80 bits per heavy atom. The van der Waals surface area contributed by atoms with Crippen molar-refractivity contribution in [1.82, 2.24) is 5.43 Å². The van der Waals surface area contributed by atoms with E-state index in [1.807, 2.05) is 5.43 Å². The number of aliphatic carboxylic acids is 1. The molecule has 0 bridgehead atoms. The number of hydrogen-bond acceptors (Lipinski definition) is 4. The van der Waals surface area contributed by atoms with Gasteiger partial charge in [0, 0.05) is 5.56 Å². The van der Waals surface area contributed by atoms with Crippen molar-refractivity contribution in [3.8, 4) is 5.75 Å². The molecule has 0 radical (unpaired) electrons. The van der Waals surface area contributed by atoms with E-state index in [-0.39, 0.29) is 0 Å². The Bertz CT molecular complexity index is 378. The van der Waals surface area contributed by atoms with E-state index in [0.717, 1.165) is 0 Å². The first-order valence-electron chi connectivity index (χ1n) is 4.09. The van der Waals surface area contributed by atoms with E-state index in [2.05, 4.69) is 0 Å². The summed E-state index contributed by atoms with van der Waals surface area (Å²) in [6.45, 7) is -0.451. The molecule has 0 aromatic heterocycles. The number of carboxylic acid groups (broad SMARTS) is 1. The predicted octanol–water partition coefficient (Wildman–Crippen LogP) is -0.247. The molecule has 0 fully saturated rings. The smallest absolute Gasteiger partial charge is 0.341 e. The Kier molecular flexibility index (Phi) is 3.64. The van der Waals surface area contributed by atoms with Crippen molar-refractivity contribution in [2.75, 3.05) is 6.61 Å². The highest BCUT2D eigenvalue weighted by Gasteiger charge is 2.05. The first kappa shape index (κ1) is 11.0. The van der Waals surface area contributed by atoms with Crippen LogP contribution in [0.25, 0.3) is 0 Å². The molecule has 1 aromatic carbocycles. The molecule has 0 saturated carbocycles. The van der Waals surface area contributed by atoms with Gasteiger partial charge in [-0.3, -0.25) is 10.2 Å². The summed E-state index contributed by atoms with van der Waals surface area (Å²) >= 11 is 0. The third kappa shape index (κ3) is 3.28. The van der Waals surface area contributed by atoms with Crippen LogP contribution in [0.4, 0.5) is 0 Å². The lowest BCUT2D eigenvalue weighted by Gasteiger charge is -2.04. The van der Waals surface area contributed by atoms with Gasteiger partial charge in [-0.25, -0.2) is 10.6 Å². The Balaban J connectivity index is 2.74. The molecule has 6 nitrogen and oxygen atoms in total. The van der Waals surface area contributed by atoms with Crippen molar-refractivity contribution < 1.29 is 19.4 Å². The summed E-state index contributed by atoms with van der Waals surface area (Å²) in [5.74, 6) is 3.70. The van der Waals surface area contributed by atoms with Gasteiger partial charge in [-0.2, -0.15) is 0 Å². The molecule has 0 unspecified atom stereocenters. The summed E-state index contributed by atoms with van der Waals surface area (Å²) < 4.78 is 4.88. The minimum Gasteiger partial charge on any atom is -0.482 e. The van der Waals surface area contributed by atoms with E-state index in [1.54, 1.807) is 12.1 Å². The number of benzene rings is 1. The number of rotatable bonds is 4. The zero-order chi connectivity index (χ0) is 11.3. The maximum absolute atomic E-state index is 11.1. The topological polar surface area (TPSA) is 102 Å². The van der Waals surface area contributed by atoms with Gasteiger partial charge < -0.3 is 9.84 Å². The van der Waals surface area contributed by atoms with Gasteiger partial charge in [0.25, 0.3) is 5.91 Å². The zero-order valence-corrected chi connectivity index (χ0v) is 7.77. The number of hydrazine groups is 1. The van der Waals surface area contributed by atoms with Crippen LogP contribution in [0, 0.1) is 0 Å². The Labute approximate surface area is 85.6 Å². The number of nitrogens with one attached hydrogen (secondary N) is 1. The Hall–Kier alpha value is -2.08. The first-order chi connectivity index (χ1) is 7.13. The molecule has 0 saturated heterocycles. The first-order valence-corrected chi connectivity index (χ1v) is 4.09.